The Labute approximate surface area is 184 Å². The number of thiazole rings is 1. The highest BCUT2D eigenvalue weighted by molar-refractivity contribution is 7.20. The fraction of sp³-hybridized carbons (Fsp3) is 0.217. The van der Waals surface area contributed by atoms with Crippen LogP contribution in [0, 0.1) is 6.92 Å². The summed E-state index contributed by atoms with van der Waals surface area (Å²) in [6.07, 6.45) is 2.41. The Morgan fingerprint density at radius 3 is 2.48 bits per heavy atom. The Balaban J connectivity index is 1.27. The Morgan fingerprint density at radius 1 is 0.968 bits per heavy atom. The second kappa shape index (κ2) is 8.31. The van der Waals surface area contributed by atoms with E-state index in [1.807, 2.05) is 61.5 Å². The Bertz CT molecular complexity index is 1200. The predicted octanol–water partition coefficient (Wildman–Crippen LogP) is 4.99. The molecule has 31 heavy (non-hydrogen) atoms. The van der Waals surface area contributed by atoms with Crippen LogP contribution in [-0.2, 0) is 0 Å². The summed E-state index contributed by atoms with van der Waals surface area (Å²) in [6.45, 7) is 3.99. The van der Waals surface area contributed by atoms with Crippen molar-refractivity contribution in [2.75, 3.05) is 28.6 Å². The van der Waals surface area contributed by atoms with Crippen LogP contribution in [0.2, 0.25) is 0 Å². The van der Waals surface area contributed by atoms with Crippen molar-refractivity contribution >= 4 is 50.5 Å². The number of carbonyl (C=O) groups is 1. The van der Waals surface area contributed by atoms with Crippen molar-refractivity contribution in [3.8, 4) is 0 Å². The van der Waals surface area contributed by atoms with Gasteiger partial charge in [-0.1, -0.05) is 12.1 Å². The van der Waals surface area contributed by atoms with Crippen LogP contribution in [0.3, 0.4) is 0 Å². The van der Waals surface area contributed by atoms with Gasteiger partial charge in [0.05, 0.1) is 10.2 Å². The Kier molecular flexibility index (Phi) is 5.21. The van der Waals surface area contributed by atoms with Crippen molar-refractivity contribution < 1.29 is 4.79 Å². The lowest BCUT2D eigenvalue weighted by atomic mass is 10.2. The molecule has 1 aliphatic rings. The molecule has 2 aromatic heterocycles. The van der Waals surface area contributed by atoms with E-state index in [1.165, 1.54) is 24.2 Å². The fourth-order valence-corrected chi connectivity index (χ4v) is 4.52. The van der Waals surface area contributed by atoms with E-state index in [2.05, 4.69) is 30.5 Å². The molecule has 5 rings (SSSR count). The van der Waals surface area contributed by atoms with Gasteiger partial charge in [-0.15, -0.1) is 11.3 Å². The van der Waals surface area contributed by atoms with Gasteiger partial charge in [-0.05, 0) is 56.2 Å². The first-order valence-electron chi connectivity index (χ1n) is 10.3. The highest BCUT2D eigenvalue weighted by Crippen LogP contribution is 2.25. The van der Waals surface area contributed by atoms with Crippen LogP contribution >= 0.6 is 11.3 Å². The molecule has 0 aliphatic carbocycles. The number of nitrogens with zero attached hydrogens (tertiary/aromatic N) is 4. The van der Waals surface area contributed by atoms with Gasteiger partial charge in [-0.25, -0.2) is 15.0 Å². The van der Waals surface area contributed by atoms with Gasteiger partial charge >= 0.3 is 0 Å². The molecule has 1 saturated heterocycles. The first kappa shape index (κ1) is 19.4. The van der Waals surface area contributed by atoms with Gasteiger partial charge in [-0.2, -0.15) is 0 Å². The number of hydrogen-bond acceptors (Lipinski definition) is 7. The zero-order valence-electron chi connectivity index (χ0n) is 17.1. The van der Waals surface area contributed by atoms with Crippen LogP contribution in [0.5, 0.6) is 0 Å². The predicted molar refractivity (Wildman–Crippen MR) is 126 cm³/mol. The molecule has 0 radical (unpaired) electrons. The second-order valence-electron chi connectivity index (χ2n) is 7.50. The van der Waals surface area contributed by atoms with E-state index in [4.69, 9.17) is 0 Å². The third-order valence-corrected chi connectivity index (χ3v) is 6.19. The topological polar surface area (TPSA) is 83.0 Å². The molecule has 1 amide bonds. The number of hydrogen-bond donors (Lipinski definition) is 2. The summed E-state index contributed by atoms with van der Waals surface area (Å²) in [5.41, 5.74) is 2.44. The normalized spacial score (nSPS) is 13.5. The zero-order chi connectivity index (χ0) is 21.2. The number of aryl methyl sites for hydroxylation is 1. The molecule has 4 aromatic rings. The summed E-state index contributed by atoms with van der Waals surface area (Å²) < 4.78 is 1.00. The fourth-order valence-electron chi connectivity index (χ4n) is 3.66. The number of fused-ring (bicyclic) bond motifs is 1. The first-order valence-corrected chi connectivity index (χ1v) is 11.1. The monoisotopic (exact) mass is 430 g/mol. The minimum atomic E-state index is -0.205. The molecule has 1 fully saturated rings. The maximum absolute atomic E-state index is 12.6. The molecule has 0 unspecified atom stereocenters. The Hall–Kier alpha value is -3.52. The molecule has 0 bridgehead atoms. The molecular weight excluding hydrogens is 408 g/mol. The smallest absolute Gasteiger partial charge is 0.284 e. The van der Waals surface area contributed by atoms with Crippen LogP contribution in [0.1, 0.15) is 28.5 Å². The minimum absolute atomic E-state index is 0.205. The van der Waals surface area contributed by atoms with Gasteiger partial charge in [0.1, 0.15) is 17.5 Å². The van der Waals surface area contributed by atoms with Gasteiger partial charge in [0.15, 0.2) is 5.01 Å². The molecule has 0 atom stereocenters. The summed E-state index contributed by atoms with van der Waals surface area (Å²) in [6, 6.07) is 17.3. The lowest BCUT2D eigenvalue weighted by Crippen LogP contribution is -2.19. The third-order valence-electron chi connectivity index (χ3n) is 5.16. The quantitative estimate of drug-likeness (QED) is 0.464. The highest BCUT2D eigenvalue weighted by atomic mass is 32.1. The molecule has 7 nitrogen and oxygen atoms in total. The molecule has 8 heteroatoms. The molecule has 2 aromatic carbocycles. The number of benzene rings is 2. The van der Waals surface area contributed by atoms with Crippen LogP contribution in [0.4, 0.5) is 23.0 Å². The van der Waals surface area contributed by atoms with E-state index in [0.29, 0.717) is 10.7 Å². The number of rotatable bonds is 5. The van der Waals surface area contributed by atoms with Crippen LogP contribution < -0.4 is 15.5 Å². The van der Waals surface area contributed by atoms with Crippen LogP contribution in [-0.4, -0.2) is 33.9 Å². The molecule has 156 valence electrons. The number of amides is 1. The van der Waals surface area contributed by atoms with Crippen molar-refractivity contribution in [3.63, 3.8) is 0 Å². The van der Waals surface area contributed by atoms with Gasteiger partial charge in [-0.3, -0.25) is 4.79 Å². The third kappa shape index (κ3) is 4.34. The number of anilines is 4. The van der Waals surface area contributed by atoms with Crippen molar-refractivity contribution in [2.24, 2.45) is 0 Å². The lowest BCUT2D eigenvalue weighted by molar-refractivity contribution is 0.102. The van der Waals surface area contributed by atoms with E-state index in [1.54, 1.807) is 0 Å². The molecule has 0 spiro atoms. The van der Waals surface area contributed by atoms with Gasteiger partial charge < -0.3 is 15.5 Å². The van der Waals surface area contributed by atoms with E-state index >= 15 is 0 Å². The minimum Gasteiger partial charge on any atom is -0.356 e. The highest BCUT2D eigenvalue weighted by Gasteiger charge is 2.15. The number of nitrogens with one attached hydrogen (secondary N) is 2. The van der Waals surface area contributed by atoms with Crippen LogP contribution in [0.25, 0.3) is 10.2 Å². The number of aromatic nitrogens is 3. The summed E-state index contributed by atoms with van der Waals surface area (Å²) in [5.74, 6) is 2.27. The number of carbonyl (C=O) groups excluding carboxylic acids is 1. The molecular formula is C23H22N6OS. The average Bonchev–Trinajstić information content (AvgIpc) is 3.45. The molecule has 2 N–H and O–H groups in total. The first-order chi connectivity index (χ1) is 15.1. The van der Waals surface area contributed by atoms with Gasteiger partial charge in [0.25, 0.3) is 5.91 Å². The van der Waals surface area contributed by atoms with E-state index in [-0.39, 0.29) is 5.91 Å². The van der Waals surface area contributed by atoms with Crippen LogP contribution in [0.15, 0.2) is 54.6 Å². The SMILES string of the molecule is Cc1nc(Nc2ccc(NC(=O)c3nc4ccccc4s3)cc2)cc(N2CCCC2)n1. The maximum atomic E-state index is 12.6. The van der Waals surface area contributed by atoms with Gasteiger partial charge in [0.2, 0.25) is 0 Å². The Morgan fingerprint density at radius 2 is 1.71 bits per heavy atom. The summed E-state index contributed by atoms with van der Waals surface area (Å²) in [5, 5.41) is 6.71. The maximum Gasteiger partial charge on any atom is 0.284 e. The second-order valence-corrected chi connectivity index (χ2v) is 8.53. The van der Waals surface area contributed by atoms with E-state index in [0.717, 1.165) is 46.5 Å². The molecule has 0 saturated carbocycles. The summed E-state index contributed by atoms with van der Waals surface area (Å²) in [7, 11) is 0. The van der Waals surface area contributed by atoms with Crippen molar-refractivity contribution in [1.29, 1.82) is 0 Å². The molecule has 3 heterocycles. The van der Waals surface area contributed by atoms with E-state index < -0.39 is 0 Å². The summed E-state index contributed by atoms with van der Waals surface area (Å²) >= 11 is 1.39. The average molecular weight is 431 g/mol. The standard InChI is InChI=1S/C23H22N6OS/c1-15-24-20(14-21(25-15)29-12-4-5-13-29)26-16-8-10-17(11-9-16)27-22(30)23-28-18-6-2-3-7-19(18)31-23/h2-3,6-11,14H,4-5,12-13H2,1H3,(H,27,30)(H,24,25,26). The molecule has 1 aliphatic heterocycles. The van der Waals surface area contributed by atoms with Gasteiger partial charge in [0, 0.05) is 30.5 Å². The summed E-state index contributed by atoms with van der Waals surface area (Å²) in [4.78, 5) is 28.3. The van der Waals surface area contributed by atoms with Crippen molar-refractivity contribution in [1.82, 2.24) is 15.0 Å². The zero-order valence-corrected chi connectivity index (χ0v) is 17.9. The lowest BCUT2D eigenvalue weighted by Gasteiger charge is -2.18. The largest absolute Gasteiger partial charge is 0.356 e. The van der Waals surface area contributed by atoms with Crippen molar-refractivity contribution in [3.05, 3.63) is 65.4 Å². The van der Waals surface area contributed by atoms with E-state index in [9.17, 15) is 4.79 Å². The number of para-hydroxylation sites is 1. The van der Waals surface area contributed by atoms with Crippen molar-refractivity contribution in [2.45, 2.75) is 19.8 Å².